The van der Waals surface area contributed by atoms with Crippen molar-refractivity contribution >= 4 is 11.7 Å². The van der Waals surface area contributed by atoms with Crippen molar-refractivity contribution in [3.63, 3.8) is 0 Å². The first-order chi connectivity index (χ1) is 16.0. The summed E-state index contributed by atoms with van der Waals surface area (Å²) in [7, 11) is 0. The number of carbonyl (C=O) groups excluding carboxylic acids is 1. The number of aryl methyl sites for hydroxylation is 2. The van der Waals surface area contributed by atoms with Gasteiger partial charge in [-0.05, 0) is 73.7 Å². The van der Waals surface area contributed by atoms with E-state index >= 15 is 0 Å². The van der Waals surface area contributed by atoms with Crippen LogP contribution in [-0.4, -0.2) is 25.7 Å². The number of benzene rings is 3. The standard InChI is InChI=1S/C26H26N2O5/c1-16-3-6-21(17(2)9-16)28-26(29)27-20(10-18-4-7-22-24(12-18)32-14-30-22)11-19-5-8-23-25(13-19)33-15-31-23/h3-9,12-13,20H,10-11,14-15H2,1-2H3,(H2,27,28,29). The maximum Gasteiger partial charge on any atom is 0.319 e. The van der Waals surface area contributed by atoms with Crippen LogP contribution in [0, 0.1) is 13.8 Å². The Bertz CT molecular complexity index is 1130. The summed E-state index contributed by atoms with van der Waals surface area (Å²) in [5, 5.41) is 6.13. The molecule has 3 aromatic rings. The molecule has 33 heavy (non-hydrogen) atoms. The molecule has 0 aromatic heterocycles. The lowest BCUT2D eigenvalue weighted by Crippen LogP contribution is -2.40. The van der Waals surface area contributed by atoms with E-state index in [1.807, 2.05) is 68.4 Å². The minimum absolute atomic E-state index is 0.156. The average molecular weight is 447 g/mol. The molecule has 2 aliphatic rings. The summed E-state index contributed by atoms with van der Waals surface area (Å²) < 4.78 is 21.9. The van der Waals surface area contributed by atoms with E-state index in [-0.39, 0.29) is 25.7 Å². The molecular weight excluding hydrogens is 420 g/mol. The summed E-state index contributed by atoms with van der Waals surface area (Å²) >= 11 is 0. The molecule has 0 fully saturated rings. The fraction of sp³-hybridized carbons (Fsp3) is 0.269. The Morgan fingerprint density at radius 2 is 1.36 bits per heavy atom. The van der Waals surface area contributed by atoms with E-state index in [0.29, 0.717) is 12.8 Å². The maximum absolute atomic E-state index is 12.9. The highest BCUT2D eigenvalue weighted by Gasteiger charge is 2.20. The molecule has 3 aromatic carbocycles. The lowest BCUT2D eigenvalue weighted by molar-refractivity contribution is 0.173. The zero-order valence-electron chi connectivity index (χ0n) is 18.6. The van der Waals surface area contributed by atoms with E-state index in [1.165, 1.54) is 0 Å². The van der Waals surface area contributed by atoms with Gasteiger partial charge in [0, 0.05) is 11.7 Å². The third kappa shape index (κ3) is 4.82. The van der Waals surface area contributed by atoms with Crippen LogP contribution in [0.15, 0.2) is 54.6 Å². The van der Waals surface area contributed by atoms with E-state index in [2.05, 4.69) is 10.6 Å². The molecule has 2 N–H and O–H groups in total. The lowest BCUT2D eigenvalue weighted by atomic mass is 9.98. The Kier molecular flexibility index (Phi) is 5.69. The third-order valence-electron chi connectivity index (χ3n) is 5.80. The molecule has 0 atom stereocenters. The number of rotatable bonds is 6. The van der Waals surface area contributed by atoms with Gasteiger partial charge < -0.3 is 29.6 Å². The Morgan fingerprint density at radius 1 is 0.788 bits per heavy atom. The maximum atomic E-state index is 12.9. The van der Waals surface area contributed by atoms with E-state index in [4.69, 9.17) is 18.9 Å². The zero-order valence-corrected chi connectivity index (χ0v) is 18.6. The van der Waals surface area contributed by atoms with Gasteiger partial charge in [-0.3, -0.25) is 0 Å². The van der Waals surface area contributed by atoms with Crippen LogP contribution >= 0.6 is 0 Å². The van der Waals surface area contributed by atoms with E-state index < -0.39 is 0 Å². The summed E-state index contributed by atoms with van der Waals surface area (Å²) in [5.74, 6) is 2.95. The third-order valence-corrected chi connectivity index (χ3v) is 5.80. The van der Waals surface area contributed by atoms with Crippen molar-refractivity contribution in [2.45, 2.75) is 32.7 Å². The highest BCUT2D eigenvalue weighted by atomic mass is 16.7. The smallest absolute Gasteiger partial charge is 0.319 e. The number of nitrogens with one attached hydrogen (secondary N) is 2. The number of urea groups is 1. The molecule has 7 nitrogen and oxygen atoms in total. The number of anilines is 1. The van der Waals surface area contributed by atoms with Gasteiger partial charge >= 0.3 is 6.03 Å². The van der Waals surface area contributed by atoms with Crippen molar-refractivity contribution < 1.29 is 23.7 Å². The SMILES string of the molecule is Cc1ccc(NC(=O)NC(Cc2ccc3c(c2)OCO3)Cc2ccc3c(c2)OCO3)c(C)c1. The number of ether oxygens (including phenoxy) is 4. The molecule has 170 valence electrons. The molecule has 0 aliphatic carbocycles. The quantitative estimate of drug-likeness (QED) is 0.572. The molecule has 2 heterocycles. The number of carbonyl (C=O) groups is 1. The fourth-order valence-corrected chi connectivity index (χ4v) is 4.18. The Morgan fingerprint density at radius 3 is 1.94 bits per heavy atom. The molecular formula is C26H26N2O5. The van der Waals surface area contributed by atoms with Gasteiger partial charge in [-0.2, -0.15) is 0 Å². The second kappa shape index (κ2) is 8.94. The number of hydrogen-bond acceptors (Lipinski definition) is 5. The summed E-state index contributed by atoms with van der Waals surface area (Å²) in [6.45, 7) is 4.48. The van der Waals surface area contributed by atoms with Gasteiger partial charge in [0.2, 0.25) is 13.6 Å². The predicted molar refractivity (Wildman–Crippen MR) is 124 cm³/mol. The van der Waals surface area contributed by atoms with Crippen LogP contribution < -0.4 is 29.6 Å². The van der Waals surface area contributed by atoms with Crippen LogP contribution in [0.5, 0.6) is 23.0 Å². The molecule has 2 aliphatic heterocycles. The Balaban J connectivity index is 1.33. The first-order valence-electron chi connectivity index (χ1n) is 11.0. The number of amides is 2. The molecule has 0 unspecified atom stereocenters. The molecule has 2 amide bonds. The van der Waals surface area contributed by atoms with Gasteiger partial charge in [0.05, 0.1) is 0 Å². The molecule has 0 saturated carbocycles. The van der Waals surface area contributed by atoms with Gasteiger partial charge in [-0.15, -0.1) is 0 Å². The molecule has 0 saturated heterocycles. The van der Waals surface area contributed by atoms with Crippen LogP contribution in [0.25, 0.3) is 0 Å². The second-order valence-electron chi connectivity index (χ2n) is 8.40. The molecule has 0 bridgehead atoms. The van der Waals surface area contributed by atoms with Crippen molar-refractivity contribution in [2.75, 3.05) is 18.9 Å². The predicted octanol–water partition coefficient (Wildman–Crippen LogP) is 4.74. The molecule has 0 spiro atoms. The monoisotopic (exact) mass is 446 g/mol. The zero-order chi connectivity index (χ0) is 22.8. The van der Waals surface area contributed by atoms with Crippen molar-refractivity contribution in [1.29, 1.82) is 0 Å². The van der Waals surface area contributed by atoms with Crippen molar-refractivity contribution in [3.8, 4) is 23.0 Å². The van der Waals surface area contributed by atoms with Gasteiger partial charge in [-0.25, -0.2) is 4.79 Å². The minimum Gasteiger partial charge on any atom is -0.454 e. The first-order valence-corrected chi connectivity index (χ1v) is 11.0. The Labute approximate surface area is 192 Å². The van der Waals surface area contributed by atoms with Crippen LogP contribution in [0.3, 0.4) is 0 Å². The highest BCUT2D eigenvalue weighted by molar-refractivity contribution is 5.90. The fourth-order valence-electron chi connectivity index (χ4n) is 4.18. The largest absolute Gasteiger partial charge is 0.454 e. The minimum atomic E-state index is -0.242. The van der Waals surface area contributed by atoms with Crippen LogP contribution in [0.1, 0.15) is 22.3 Å². The lowest BCUT2D eigenvalue weighted by Gasteiger charge is -2.20. The Hall–Kier alpha value is -3.87. The first kappa shape index (κ1) is 21.0. The van der Waals surface area contributed by atoms with Crippen molar-refractivity contribution in [2.24, 2.45) is 0 Å². The number of fused-ring (bicyclic) bond motifs is 2. The summed E-state index contributed by atoms with van der Waals surface area (Å²) in [6, 6.07) is 17.3. The normalized spacial score (nSPS) is 13.3. The molecule has 0 radical (unpaired) electrons. The molecule has 7 heteroatoms. The summed E-state index contributed by atoms with van der Waals surface area (Å²) in [5.41, 5.74) is 5.08. The topological polar surface area (TPSA) is 78.1 Å². The second-order valence-corrected chi connectivity index (χ2v) is 8.40. The van der Waals surface area contributed by atoms with Gasteiger partial charge in [0.25, 0.3) is 0 Å². The summed E-state index contributed by atoms with van der Waals surface area (Å²) in [4.78, 5) is 12.9. The van der Waals surface area contributed by atoms with Gasteiger partial charge in [0.15, 0.2) is 23.0 Å². The van der Waals surface area contributed by atoms with E-state index in [1.54, 1.807) is 0 Å². The van der Waals surface area contributed by atoms with Crippen LogP contribution in [0.4, 0.5) is 10.5 Å². The van der Waals surface area contributed by atoms with Crippen LogP contribution in [-0.2, 0) is 12.8 Å². The van der Waals surface area contributed by atoms with E-state index in [0.717, 1.165) is 50.9 Å². The summed E-state index contributed by atoms with van der Waals surface area (Å²) in [6.07, 6.45) is 1.26. The van der Waals surface area contributed by atoms with E-state index in [9.17, 15) is 4.79 Å². The van der Waals surface area contributed by atoms with Crippen molar-refractivity contribution in [1.82, 2.24) is 5.32 Å². The van der Waals surface area contributed by atoms with Gasteiger partial charge in [-0.1, -0.05) is 29.8 Å². The van der Waals surface area contributed by atoms with Crippen LogP contribution in [0.2, 0.25) is 0 Å². The molecule has 5 rings (SSSR count). The average Bonchev–Trinajstić information content (AvgIpc) is 3.44. The number of hydrogen-bond donors (Lipinski definition) is 2. The van der Waals surface area contributed by atoms with Crippen molar-refractivity contribution in [3.05, 3.63) is 76.9 Å². The highest BCUT2D eigenvalue weighted by Crippen LogP contribution is 2.34. The van der Waals surface area contributed by atoms with Gasteiger partial charge in [0.1, 0.15) is 0 Å².